The first-order valence-electron chi connectivity index (χ1n) is 8.12. The number of carbonyl (C=O) groups excluding carboxylic acids is 1. The van der Waals surface area contributed by atoms with Gasteiger partial charge in [0.05, 0.1) is 18.4 Å². The maximum atomic E-state index is 13.6. The van der Waals surface area contributed by atoms with Gasteiger partial charge in [-0.15, -0.1) is 0 Å². The molecule has 0 aliphatic carbocycles. The van der Waals surface area contributed by atoms with Crippen LogP contribution in [0.1, 0.15) is 22.2 Å². The number of anilines is 2. The third kappa shape index (κ3) is 2.75. The number of halogens is 1. The molecule has 0 saturated carbocycles. The molecule has 1 amide bonds. The molecule has 2 aromatic carbocycles. The Hall–Kier alpha value is -3.41. The largest absolute Gasteiger partial charge is 0.497 e. The molecule has 1 atom stereocenters. The Bertz CT molecular complexity index is 959. The highest BCUT2D eigenvalue weighted by molar-refractivity contribution is 6.11. The molecule has 1 N–H and O–H groups in total. The van der Waals surface area contributed by atoms with Gasteiger partial charge < -0.3 is 10.1 Å². The predicted molar refractivity (Wildman–Crippen MR) is 96.8 cm³/mol. The number of nitrogens with one attached hydrogen (secondary N) is 1. The Morgan fingerprint density at radius 1 is 1.12 bits per heavy atom. The number of hydrogen-bond acceptors (Lipinski definition) is 4. The van der Waals surface area contributed by atoms with Gasteiger partial charge >= 0.3 is 0 Å². The Morgan fingerprint density at radius 2 is 1.92 bits per heavy atom. The molecule has 1 aliphatic heterocycles. The van der Waals surface area contributed by atoms with Gasteiger partial charge in [0.25, 0.3) is 5.91 Å². The van der Waals surface area contributed by atoms with Gasteiger partial charge in [0.2, 0.25) is 0 Å². The van der Waals surface area contributed by atoms with Crippen LogP contribution in [0.15, 0.2) is 66.9 Å². The second kappa shape index (κ2) is 6.48. The smallest absolute Gasteiger partial charge is 0.262 e. The summed E-state index contributed by atoms with van der Waals surface area (Å²) in [5.74, 6) is 0.189. The van der Waals surface area contributed by atoms with E-state index in [4.69, 9.17) is 4.74 Å². The second-order valence-corrected chi connectivity index (χ2v) is 5.87. The number of rotatable bonds is 4. The molecule has 6 heteroatoms. The van der Waals surface area contributed by atoms with E-state index in [1.807, 2.05) is 12.1 Å². The lowest BCUT2D eigenvalue weighted by Crippen LogP contribution is -2.32. The van der Waals surface area contributed by atoms with E-state index in [-0.39, 0.29) is 11.7 Å². The number of aromatic nitrogens is 1. The molecule has 0 fully saturated rings. The number of amides is 1. The fraction of sp³-hybridized carbons (Fsp3) is 0.100. The maximum Gasteiger partial charge on any atom is 0.262 e. The zero-order chi connectivity index (χ0) is 18.1. The molecule has 1 aromatic heterocycles. The topological polar surface area (TPSA) is 54.5 Å². The first kappa shape index (κ1) is 16.1. The quantitative estimate of drug-likeness (QED) is 0.773. The zero-order valence-corrected chi connectivity index (χ0v) is 14.0. The van der Waals surface area contributed by atoms with Gasteiger partial charge in [-0.2, -0.15) is 0 Å². The first-order chi connectivity index (χ1) is 12.7. The molecule has 2 heterocycles. The van der Waals surface area contributed by atoms with E-state index in [1.54, 1.807) is 54.6 Å². The minimum absolute atomic E-state index is 0.160. The Morgan fingerprint density at radius 3 is 2.65 bits per heavy atom. The highest BCUT2D eigenvalue weighted by Crippen LogP contribution is 2.37. The minimum atomic E-state index is -0.533. The van der Waals surface area contributed by atoms with Crippen LogP contribution in [0.4, 0.5) is 15.8 Å². The second-order valence-electron chi connectivity index (χ2n) is 5.87. The van der Waals surface area contributed by atoms with Crippen molar-refractivity contribution in [2.45, 2.75) is 6.17 Å². The van der Waals surface area contributed by atoms with Gasteiger partial charge in [-0.1, -0.05) is 6.07 Å². The number of carbonyl (C=O) groups is 1. The maximum absolute atomic E-state index is 13.6. The van der Waals surface area contributed by atoms with Crippen molar-refractivity contribution < 1.29 is 13.9 Å². The number of nitrogens with zero attached hydrogens (tertiary/aromatic N) is 2. The molecule has 0 bridgehead atoms. The van der Waals surface area contributed by atoms with Crippen LogP contribution in [0, 0.1) is 5.82 Å². The molecular formula is C20H16FN3O2. The highest BCUT2D eigenvalue weighted by atomic mass is 19.1. The number of benzene rings is 2. The summed E-state index contributed by atoms with van der Waals surface area (Å²) in [4.78, 5) is 18.9. The molecule has 4 rings (SSSR count). The fourth-order valence-electron chi connectivity index (χ4n) is 3.06. The number of methoxy groups -OCH3 is 1. The summed E-state index contributed by atoms with van der Waals surface area (Å²) in [5, 5.41) is 3.22. The van der Waals surface area contributed by atoms with Crippen LogP contribution in [0.25, 0.3) is 0 Å². The van der Waals surface area contributed by atoms with Crippen molar-refractivity contribution in [3.63, 3.8) is 0 Å². The molecular weight excluding hydrogens is 333 g/mol. The van der Waals surface area contributed by atoms with Crippen LogP contribution in [0.2, 0.25) is 0 Å². The van der Waals surface area contributed by atoms with E-state index in [0.717, 1.165) is 0 Å². The van der Waals surface area contributed by atoms with Gasteiger partial charge in [-0.25, -0.2) is 4.39 Å². The minimum Gasteiger partial charge on any atom is -0.497 e. The lowest BCUT2D eigenvalue weighted by Gasteiger charge is -2.26. The average molecular weight is 349 g/mol. The third-order valence-corrected chi connectivity index (χ3v) is 4.28. The van der Waals surface area contributed by atoms with Gasteiger partial charge in [0.15, 0.2) is 6.17 Å². The average Bonchev–Trinajstić information content (AvgIpc) is 2.94. The van der Waals surface area contributed by atoms with Crippen LogP contribution in [0.5, 0.6) is 5.75 Å². The number of ether oxygens (including phenoxy) is 1. The fourth-order valence-corrected chi connectivity index (χ4v) is 3.06. The molecule has 3 aromatic rings. The third-order valence-electron chi connectivity index (χ3n) is 4.28. The van der Waals surface area contributed by atoms with Crippen molar-refractivity contribution in [1.82, 2.24) is 4.98 Å². The highest BCUT2D eigenvalue weighted by Gasteiger charge is 2.39. The van der Waals surface area contributed by atoms with Crippen molar-refractivity contribution >= 4 is 17.3 Å². The predicted octanol–water partition coefficient (Wildman–Crippen LogP) is 4.00. The van der Waals surface area contributed by atoms with Crippen LogP contribution in [-0.2, 0) is 0 Å². The lowest BCUT2D eigenvalue weighted by molar-refractivity contribution is 0.0993. The van der Waals surface area contributed by atoms with Crippen molar-refractivity contribution in [1.29, 1.82) is 0 Å². The molecule has 5 nitrogen and oxygen atoms in total. The van der Waals surface area contributed by atoms with Crippen LogP contribution >= 0.6 is 0 Å². The van der Waals surface area contributed by atoms with Gasteiger partial charge in [0.1, 0.15) is 11.6 Å². The summed E-state index contributed by atoms with van der Waals surface area (Å²) < 4.78 is 18.8. The molecule has 0 radical (unpaired) electrons. The molecule has 0 spiro atoms. The van der Waals surface area contributed by atoms with Crippen LogP contribution < -0.4 is 15.0 Å². The standard InChI is InChI=1S/C20H16FN3O2/c1-26-16-9-7-15(8-10-16)24-19(23-14-5-2-4-13(21)12-14)18-17(20(24)25)6-3-11-22-18/h2-12,19,23H,1H3. The monoisotopic (exact) mass is 349 g/mol. The van der Waals surface area contributed by atoms with Gasteiger partial charge in [-0.05, 0) is 54.6 Å². The lowest BCUT2D eigenvalue weighted by atomic mass is 10.2. The zero-order valence-electron chi connectivity index (χ0n) is 14.0. The van der Waals surface area contributed by atoms with Crippen molar-refractivity contribution in [2.24, 2.45) is 0 Å². The van der Waals surface area contributed by atoms with E-state index in [1.165, 1.54) is 12.1 Å². The van der Waals surface area contributed by atoms with Crippen molar-refractivity contribution in [3.8, 4) is 5.75 Å². The molecule has 26 heavy (non-hydrogen) atoms. The summed E-state index contributed by atoms with van der Waals surface area (Å²) in [6, 6.07) is 16.8. The van der Waals surface area contributed by atoms with Gasteiger partial charge in [0, 0.05) is 17.6 Å². The summed E-state index contributed by atoms with van der Waals surface area (Å²) in [6.45, 7) is 0. The Kier molecular flexibility index (Phi) is 4.01. The van der Waals surface area contributed by atoms with E-state index in [0.29, 0.717) is 28.4 Å². The van der Waals surface area contributed by atoms with E-state index < -0.39 is 6.17 Å². The van der Waals surface area contributed by atoms with E-state index in [2.05, 4.69) is 10.3 Å². The number of pyridine rings is 1. The molecule has 130 valence electrons. The van der Waals surface area contributed by atoms with Gasteiger partial charge in [-0.3, -0.25) is 14.7 Å². The first-order valence-corrected chi connectivity index (χ1v) is 8.12. The summed E-state index contributed by atoms with van der Waals surface area (Å²) in [6.07, 6.45) is 1.11. The van der Waals surface area contributed by atoms with Crippen LogP contribution in [0.3, 0.4) is 0 Å². The summed E-state index contributed by atoms with van der Waals surface area (Å²) >= 11 is 0. The molecule has 1 aliphatic rings. The van der Waals surface area contributed by atoms with Crippen LogP contribution in [-0.4, -0.2) is 18.0 Å². The Labute approximate surface area is 150 Å². The Balaban J connectivity index is 1.76. The van der Waals surface area contributed by atoms with Crippen molar-refractivity contribution in [2.75, 3.05) is 17.3 Å². The normalized spacial score (nSPS) is 15.7. The summed E-state index contributed by atoms with van der Waals surface area (Å²) in [5.41, 5.74) is 2.40. The summed E-state index contributed by atoms with van der Waals surface area (Å²) in [7, 11) is 1.59. The van der Waals surface area contributed by atoms with Crippen molar-refractivity contribution in [3.05, 3.63) is 83.9 Å². The SMILES string of the molecule is COc1ccc(N2C(=O)c3cccnc3C2Nc2cccc(F)c2)cc1. The van der Waals surface area contributed by atoms with E-state index in [9.17, 15) is 9.18 Å². The molecule has 1 unspecified atom stereocenters. The number of fused-ring (bicyclic) bond motifs is 1. The molecule has 0 saturated heterocycles. The van der Waals surface area contributed by atoms with E-state index >= 15 is 0 Å². The number of hydrogen-bond donors (Lipinski definition) is 1.